The Labute approximate surface area is 185 Å². The second-order valence-electron chi connectivity index (χ2n) is 8.09. The number of aliphatic imine (C=N–C) groups is 1. The Bertz CT molecular complexity index is 877. The number of benzene rings is 2. The van der Waals surface area contributed by atoms with Crippen molar-refractivity contribution in [1.29, 1.82) is 0 Å². The Morgan fingerprint density at radius 1 is 1.19 bits per heavy atom. The highest BCUT2D eigenvalue weighted by Gasteiger charge is 2.26. The maximum absolute atomic E-state index is 12.2. The van der Waals surface area contributed by atoms with Crippen LogP contribution in [0.1, 0.15) is 54.1 Å². The van der Waals surface area contributed by atoms with Crippen molar-refractivity contribution in [3.8, 4) is 5.75 Å². The number of nitrogens with zero attached hydrogens (tertiary/aromatic N) is 2. The number of carbonyl (C=O) groups is 1. The van der Waals surface area contributed by atoms with Gasteiger partial charge in [0.2, 0.25) is 0 Å². The zero-order chi connectivity index (χ0) is 22.2. The zero-order valence-corrected chi connectivity index (χ0v) is 19.0. The molecule has 0 spiro atoms. The topological polar surface area (TPSA) is 66.0 Å². The van der Waals surface area contributed by atoms with Gasteiger partial charge >= 0.3 is 0 Å². The molecule has 1 fully saturated rings. The lowest BCUT2D eigenvalue weighted by Crippen LogP contribution is -2.39. The van der Waals surface area contributed by atoms with Gasteiger partial charge in [-0.3, -0.25) is 9.79 Å². The molecule has 0 aromatic heterocycles. The normalized spacial score (nSPS) is 17.4. The molecule has 1 aliphatic heterocycles. The molecule has 0 aliphatic carbocycles. The molecule has 31 heavy (non-hydrogen) atoms. The summed E-state index contributed by atoms with van der Waals surface area (Å²) in [6.07, 6.45) is 2.02. The van der Waals surface area contributed by atoms with E-state index in [0.717, 1.165) is 43.2 Å². The van der Waals surface area contributed by atoms with Crippen LogP contribution in [-0.2, 0) is 6.54 Å². The second-order valence-corrected chi connectivity index (χ2v) is 8.09. The van der Waals surface area contributed by atoms with Gasteiger partial charge < -0.3 is 20.3 Å². The summed E-state index contributed by atoms with van der Waals surface area (Å²) in [5.74, 6) is 2.27. The Kier molecular flexibility index (Phi) is 7.93. The first-order valence-electron chi connectivity index (χ1n) is 11.0. The van der Waals surface area contributed by atoms with Crippen molar-refractivity contribution in [2.45, 2.75) is 45.2 Å². The van der Waals surface area contributed by atoms with Crippen LogP contribution in [0, 0.1) is 0 Å². The molecule has 2 unspecified atom stereocenters. The van der Waals surface area contributed by atoms with Gasteiger partial charge in [-0.25, -0.2) is 0 Å². The Hall–Kier alpha value is -3.02. The predicted molar refractivity (Wildman–Crippen MR) is 126 cm³/mol. The lowest BCUT2D eigenvalue weighted by Gasteiger charge is -2.22. The number of amides is 1. The van der Waals surface area contributed by atoms with Crippen LogP contribution in [-0.4, -0.2) is 50.1 Å². The molecule has 1 saturated heterocycles. The minimum Gasteiger partial charge on any atom is -0.497 e. The number of guanidine groups is 1. The second kappa shape index (κ2) is 10.8. The summed E-state index contributed by atoms with van der Waals surface area (Å²) in [5, 5.41) is 6.46. The number of carbonyl (C=O) groups excluding carboxylic acids is 1. The lowest BCUT2D eigenvalue weighted by atomic mass is 9.98. The maximum Gasteiger partial charge on any atom is 0.251 e. The minimum absolute atomic E-state index is 0.0219. The van der Waals surface area contributed by atoms with E-state index in [9.17, 15) is 4.79 Å². The highest BCUT2D eigenvalue weighted by Crippen LogP contribution is 2.28. The summed E-state index contributed by atoms with van der Waals surface area (Å²) in [6, 6.07) is 16.3. The molecule has 1 heterocycles. The molecule has 0 saturated carbocycles. The average molecular weight is 423 g/mol. The summed E-state index contributed by atoms with van der Waals surface area (Å²) in [7, 11) is 3.52. The third-order valence-electron chi connectivity index (χ3n) is 5.94. The lowest BCUT2D eigenvalue weighted by molar-refractivity contribution is 0.0939. The summed E-state index contributed by atoms with van der Waals surface area (Å²) >= 11 is 0. The van der Waals surface area contributed by atoms with Crippen molar-refractivity contribution in [3.63, 3.8) is 0 Å². The molecule has 2 atom stereocenters. The molecule has 2 N–H and O–H groups in total. The summed E-state index contributed by atoms with van der Waals surface area (Å²) in [4.78, 5) is 19.0. The van der Waals surface area contributed by atoms with Gasteiger partial charge in [-0.15, -0.1) is 0 Å². The molecule has 2 aromatic rings. The van der Waals surface area contributed by atoms with Crippen LogP contribution >= 0.6 is 0 Å². The van der Waals surface area contributed by atoms with Crippen molar-refractivity contribution >= 4 is 11.9 Å². The number of rotatable bonds is 7. The number of hydrogen-bond acceptors (Lipinski definition) is 3. The molecular formula is C25H34N4O2. The van der Waals surface area contributed by atoms with Crippen molar-refractivity contribution in [2.24, 2.45) is 4.99 Å². The standard InChI is InChI=1S/C25H34N4O2/c1-5-18(2)28-24(30)21-8-6-19(7-9-21)16-27-25(26-3)29-15-14-22(17-29)20-10-12-23(31-4)13-11-20/h6-13,18,22H,5,14-17H2,1-4H3,(H,26,27)(H,28,30). The van der Waals surface area contributed by atoms with E-state index in [-0.39, 0.29) is 11.9 Å². The Morgan fingerprint density at radius 2 is 1.90 bits per heavy atom. The largest absolute Gasteiger partial charge is 0.497 e. The van der Waals surface area contributed by atoms with Crippen molar-refractivity contribution < 1.29 is 9.53 Å². The van der Waals surface area contributed by atoms with Crippen LogP contribution in [0.15, 0.2) is 53.5 Å². The average Bonchev–Trinajstić information content (AvgIpc) is 3.30. The molecule has 6 nitrogen and oxygen atoms in total. The van der Waals surface area contributed by atoms with E-state index in [0.29, 0.717) is 18.0 Å². The van der Waals surface area contributed by atoms with Gasteiger partial charge in [0.1, 0.15) is 5.75 Å². The first-order chi connectivity index (χ1) is 15.0. The first kappa shape index (κ1) is 22.7. The molecule has 6 heteroatoms. The summed E-state index contributed by atoms with van der Waals surface area (Å²) < 4.78 is 5.26. The van der Waals surface area contributed by atoms with Crippen molar-refractivity contribution in [1.82, 2.24) is 15.5 Å². The third-order valence-corrected chi connectivity index (χ3v) is 5.94. The Morgan fingerprint density at radius 3 is 2.52 bits per heavy atom. The first-order valence-corrected chi connectivity index (χ1v) is 11.0. The number of nitrogens with one attached hydrogen (secondary N) is 2. The van der Waals surface area contributed by atoms with Gasteiger partial charge in [0.25, 0.3) is 5.91 Å². The van der Waals surface area contributed by atoms with Gasteiger partial charge in [-0.1, -0.05) is 31.2 Å². The van der Waals surface area contributed by atoms with E-state index >= 15 is 0 Å². The van der Waals surface area contributed by atoms with E-state index in [1.54, 1.807) is 7.11 Å². The van der Waals surface area contributed by atoms with E-state index in [4.69, 9.17) is 4.74 Å². The molecular weight excluding hydrogens is 388 g/mol. The fraction of sp³-hybridized carbons (Fsp3) is 0.440. The number of hydrogen-bond donors (Lipinski definition) is 2. The molecule has 0 bridgehead atoms. The Balaban J connectivity index is 1.53. The molecule has 1 aliphatic rings. The third kappa shape index (κ3) is 6.00. The van der Waals surface area contributed by atoms with Gasteiger partial charge in [-0.2, -0.15) is 0 Å². The van der Waals surface area contributed by atoms with Gasteiger partial charge in [0.05, 0.1) is 7.11 Å². The van der Waals surface area contributed by atoms with Crippen molar-refractivity contribution in [2.75, 3.05) is 27.2 Å². The SMILES string of the molecule is CCC(C)NC(=O)c1ccc(CNC(=NC)N2CCC(c3ccc(OC)cc3)C2)cc1. The van der Waals surface area contributed by atoms with E-state index in [1.165, 1.54) is 5.56 Å². The molecule has 166 valence electrons. The predicted octanol–water partition coefficient (Wildman–Crippen LogP) is 3.79. The zero-order valence-electron chi connectivity index (χ0n) is 19.0. The molecule has 0 radical (unpaired) electrons. The van der Waals surface area contributed by atoms with Crippen molar-refractivity contribution in [3.05, 3.63) is 65.2 Å². The highest BCUT2D eigenvalue weighted by molar-refractivity contribution is 5.94. The van der Waals surface area contributed by atoms with Crippen LogP contribution < -0.4 is 15.4 Å². The quantitative estimate of drug-likeness (QED) is 0.526. The van der Waals surface area contributed by atoms with Crippen LogP contribution in [0.3, 0.4) is 0 Å². The number of likely N-dealkylation sites (tertiary alicyclic amines) is 1. The monoisotopic (exact) mass is 422 g/mol. The van der Waals surface area contributed by atoms with Gasteiger partial charge in [0.15, 0.2) is 5.96 Å². The summed E-state index contributed by atoms with van der Waals surface area (Å²) in [5.41, 5.74) is 3.15. The fourth-order valence-electron chi connectivity index (χ4n) is 3.80. The van der Waals surface area contributed by atoms with Crippen LogP contribution in [0.25, 0.3) is 0 Å². The number of ether oxygens (including phenoxy) is 1. The fourth-order valence-corrected chi connectivity index (χ4v) is 3.80. The van der Waals surface area contributed by atoms with Gasteiger partial charge in [-0.05, 0) is 55.2 Å². The van der Waals surface area contributed by atoms with Crippen LogP contribution in [0.5, 0.6) is 5.75 Å². The minimum atomic E-state index is -0.0219. The smallest absolute Gasteiger partial charge is 0.251 e. The molecule has 3 rings (SSSR count). The van der Waals surface area contributed by atoms with E-state index < -0.39 is 0 Å². The molecule has 2 aromatic carbocycles. The van der Waals surface area contributed by atoms with E-state index in [1.807, 2.05) is 50.4 Å². The number of methoxy groups -OCH3 is 1. The molecule has 1 amide bonds. The maximum atomic E-state index is 12.2. The van der Waals surface area contributed by atoms with Crippen LogP contribution in [0.2, 0.25) is 0 Å². The van der Waals surface area contributed by atoms with Gasteiger partial charge in [0, 0.05) is 44.2 Å². The van der Waals surface area contributed by atoms with E-state index in [2.05, 4.69) is 39.6 Å². The summed E-state index contributed by atoms with van der Waals surface area (Å²) in [6.45, 7) is 6.67. The highest BCUT2D eigenvalue weighted by atomic mass is 16.5. The van der Waals surface area contributed by atoms with Crippen LogP contribution in [0.4, 0.5) is 0 Å².